The zero-order valence-electron chi connectivity index (χ0n) is 14.7. The van der Waals surface area contributed by atoms with Crippen LogP contribution in [-0.2, 0) is 11.3 Å². The van der Waals surface area contributed by atoms with Crippen molar-refractivity contribution in [2.24, 2.45) is 0 Å². The maximum atomic E-state index is 11.5. The normalized spacial score (nSPS) is 17.4. The number of methoxy groups -OCH3 is 1. The van der Waals surface area contributed by atoms with Gasteiger partial charge in [-0.2, -0.15) is 0 Å². The zero-order valence-corrected chi connectivity index (χ0v) is 14.7. The molecule has 0 aromatic carbocycles. The lowest BCUT2D eigenvalue weighted by Crippen LogP contribution is -2.45. The molecule has 1 N–H and O–H groups in total. The topological polar surface area (TPSA) is 67.3 Å². The van der Waals surface area contributed by atoms with E-state index in [9.17, 15) is 4.79 Å². The van der Waals surface area contributed by atoms with Crippen LogP contribution in [0.15, 0.2) is 36.7 Å². The Bertz CT molecular complexity index is 718. The maximum Gasteiger partial charge on any atom is 0.356 e. The number of carbonyl (C=O) groups is 1. The summed E-state index contributed by atoms with van der Waals surface area (Å²) in [5, 5.41) is 3.64. The summed E-state index contributed by atoms with van der Waals surface area (Å²) in [6.45, 7) is 4.80. The number of carbonyl (C=O) groups excluding carboxylic acids is 1. The quantitative estimate of drug-likeness (QED) is 0.843. The van der Waals surface area contributed by atoms with Gasteiger partial charge in [-0.15, -0.1) is 0 Å². The molecule has 0 spiro atoms. The number of nitrogens with one attached hydrogen (secondary N) is 1. The standard InChI is InChI=1S/C19H24N4O2/c1-14-10-15(7-8-20-14)11-21-16-4-3-9-23(13-16)17-5-6-18(22-12-17)19(24)25-2/h5-8,10,12,16,21H,3-4,9,11,13H2,1-2H3/t16-/m0/s1. The van der Waals surface area contributed by atoms with E-state index in [-0.39, 0.29) is 0 Å². The second kappa shape index (κ2) is 8.07. The van der Waals surface area contributed by atoms with E-state index in [4.69, 9.17) is 4.74 Å². The molecule has 0 radical (unpaired) electrons. The molecule has 3 rings (SSSR count). The third-order valence-electron chi connectivity index (χ3n) is 4.48. The van der Waals surface area contributed by atoms with Crippen LogP contribution in [0.2, 0.25) is 0 Å². The van der Waals surface area contributed by atoms with Gasteiger partial charge in [0.25, 0.3) is 0 Å². The van der Waals surface area contributed by atoms with E-state index in [2.05, 4.69) is 32.3 Å². The summed E-state index contributed by atoms with van der Waals surface area (Å²) in [7, 11) is 1.36. The molecule has 1 fully saturated rings. The Morgan fingerprint density at radius 2 is 2.24 bits per heavy atom. The van der Waals surface area contributed by atoms with Gasteiger partial charge in [0.15, 0.2) is 0 Å². The zero-order chi connectivity index (χ0) is 17.6. The monoisotopic (exact) mass is 340 g/mol. The van der Waals surface area contributed by atoms with E-state index in [1.807, 2.05) is 19.2 Å². The largest absolute Gasteiger partial charge is 0.464 e. The fourth-order valence-corrected chi connectivity index (χ4v) is 3.15. The molecule has 132 valence electrons. The van der Waals surface area contributed by atoms with Gasteiger partial charge in [-0.25, -0.2) is 9.78 Å². The molecule has 0 unspecified atom stereocenters. The molecule has 25 heavy (non-hydrogen) atoms. The van der Waals surface area contributed by atoms with Crippen LogP contribution in [0.1, 0.15) is 34.6 Å². The molecule has 1 aliphatic heterocycles. The predicted molar refractivity (Wildman–Crippen MR) is 96.6 cm³/mol. The van der Waals surface area contributed by atoms with Crippen molar-refractivity contribution in [3.63, 3.8) is 0 Å². The Morgan fingerprint density at radius 3 is 2.96 bits per heavy atom. The smallest absolute Gasteiger partial charge is 0.356 e. The van der Waals surface area contributed by atoms with Crippen molar-refractivity contribution >= 4 is 11.7 Å². The minimum Gasteiger partial charge on any atom is -0.464 e. The van der Waals surface area contributed by atoms with E-state index in [1.165, 1.54) is 12.7 Å². The second-order valence-corrected chi connectivity index (χ2v) is 6.36. The lowest BCUT2D eigenvalue weighted by Gasteiger charge is -2.34. The number of aryl methyl sites for hydroxylation is 1. The molecule has 0 saturated carbocycles. The molecule has 1 aliphatic rings. The number of hydrogen-bond donors (Lipinski definition) is 1. The molecule has 0 aliphatic carbocycles. The third-order valence-corrected chi connectivity index (χ3v) is 4.48. The highest BCUT2D eigenvalue weighted by Gasteiger charge is 2.20. The van der Waals surface area contributed by atoms with E-state index in [1.54, 1.807) is 12.3 Å². The highest BCUT2D eigenvalue weighted by Crippen LogP contribution is 2.20. The molecule has 0 bridgehead atoms. The molecule has 0 amide bonds. The van der Waals surface area contributed by atoms with Gasteiger partial charge in [0.1, 0.15) is 5.69 Å². The van der Waals surface area contributed by atoms with Gasteiger partial charge in [0.05, 0.1) is 19.0 Å². The molecule has 6 nitrogen and oxygen atoms in total. The van der Waals surface area contributed by atoms with Crippen molar-refractivity contribution < 1.29 is 9.53 Å². The number of piperidine rings is 1. The number of ether oxygens (including phenoxy) is 1. The first-order chi connectivity index (χ1) is 12.2. The summed E-state index contributed by atoms with van der Waals surface area (Å²) >= 11 is 0. The Morgan fingerprint density at radius 1 is 1.36 bits per heavy atom. The van der Waals surface area contributed by atoms with Crippen LogP contribution in [0.4, 0.5) is 5.69 Å². The summed E-state index contributed by atoms with van der Waals surface area (Å²) in [5.41, 5.74) is 3.68. The molecule has 6 heteroatoms. The highest BCUT2D eigenvalue weighted by molar-refractivity contribution is 5.87. The molecule has 3 heterocycles. The average molecular weight is 340 g/mol. The summed E-state index contributed by atoms with van der Waals surface area (Å²) < 4.78 is 4.69. The van der Waals surface area contributed by atoms with E-state index >= 15 is 0 Å². The van der Waals surface area contributed by atoms with Gasteiger partial charge in [0.2, 0.25) is 0 Å². The van der Waals surface area contributed by atoms with Gasteiger partial charge in [-0.05, 0) is 49.6 Å². The van der Waals surface area contributed by atoms with Crippen molar-refractivity contribution in [3.05, 3.63) is 53.6 Å². The molecule has 1 saturated heterocycles. The number of anilines is 1. The third kappa shape index (κ3) is 4.54. The van der Waals surface area contributed by atoms with Crippen molar-refractivity contribution in [2.75, 3.05) is 25.1 Å². The van der Waals surface area contributed by atoms with Crippen molar-refractivity contribution in [2.45, 2.75) is 32.4 Å². The van der Waals surface area contributed by atoms with Gasteiger partial charge in [-0.1, -0.05) is 0 Å². The number of nitrogens with zero attached hydrogens (tertiary/aromatic N) is 3. The predicted octanol–water partition coefficient (Wildman–Crippen LogP) is 2.33. The summed E-state index contributed by atoms with van der Waals surface area (Å²) in [6.07, 6.45) is 5.90. The van der Waals surface area contributed by atoms with Crippen molar-refractivity contribution in [3.8, 4) is 0 Å². The van der Waals surface area contributed by atoms with Gasteiger partial charge in [-0.3, -0.25) is 4.98 Å². The van der Waals surface area contributed by atoms with Crippen LogP contribution < -0.4 is 10.2 Å². The lowest BCUT2D eigenvalue weighted by molar-refractivity contribution is 0.0594. The van der Waals surface area contributed by atoms with Crippen LogP contribution in [0.25, 0.3) is 0 Å². The number of rotatable bonds is 5. The fraction of sp³-hybridized carbons (Fsp3) is 0.421. The average Bonchev–Trinajstić information content (AvgIpc) is 2.66. The van der Waals surface area contributed by atoms with Crippen molar-refractivity contribution in [1.29, 1.82) is 0 Å². The minimum atomic E-state index is -0.405. The summed E-state index contributed by atoms with van der Waals surface area (Å²) in [6, 6.07) is 8.26. The fourth-order valence-electron chi connectivity index (χ4n) is 3.15. The van der Waals surface area contributed by atoms with Crippen LogP contribution in [-0.4, -0.2) is 42.2 Å². The first-order valence-corrected chi connectivity index (χ1v) is 8.60. The first kappa shape index (κ1) is 17.4. The SMILES string of the molecule is COC(=O)c1ccc(N2CCC[C@H](NCc3ccnc(C)c3)C2)cn1. The minimum absolute atomic E-state index is 0.339. The Labute approximate surface area is 148 Å². The van der Waals surface area contributed by atoms with E-state index in [0.29, 0.717) is 11.7 Å². The Kier molecular flexibility index (Phi) is 5.60. The van der Waals surface area contributed by atoms with Crippen LogP contribution in [0, 0.1) is 6.92 Å². The molecular weight excluding hydrogens is 316 g/mol. The van der Waals surface area contributed by atoms with Crippen LogP contribution in [0.5, 0.6) is 0 Å². The molecule has 1 atom stereocenters. The van der Waals surface area contributed by atoms with Crippen LogP contribution in [0.3, 0.4) is 0 Å². The number of esters is 1. The molecule has 2 aromatic rings. The van der Waals surface area contributed by atoms with E-state index < -0.39 is 5.97 Å². The Balaban J connectivity index is 1.58. The molecular formula is C19H24N4O2. The lowest BCUT2D eigenvalue weighted by atomic mass is 10.0. The van der Waals surface area contributed by atoms with Gasteiger partial charge in [0, 0.05) is 37.6 Å². The number of aromatic nitrogens is 2. The molecule has 2 aromatic heterocycles. The first-order valence-electron chi connectivity index (χ1n) is 8.60. The van der Waals surface area contributed by atoms with Gasteiger partial charge < -0.3 is 15.0 Å². The maximum absolute atomic E-state index is 11.5. The highest BCUT2D eigenvalue weighted by atomic mass is 16.5. The second-order valence-electron chi connectivity index (χ2n) is 6.36. The van der Waals surface area contributed by atoms with Crippen molar-refractivity contribution in [1.82, 2.24) is 15.3 Å². The number of hydrogen-bond acceptors (Lipinski definition) is 6. The number of pyridine rings is 2. The van der Waals surface area contributed by atoms with Gasteiger partial charge >= 0.3 is 5.97 Å². The summed E-state index contributed by atoms with van der Waals surface area (Å²) in [5.74, 6) is -0.405. The van der Waals surface area contributed by atoms with E-state index in [0.717, 1.165) is 43.9 Å². The van der Waals surface area contributed by atoms with Crippen LogP contribution >= 0.6 is 0 Å². The Hall–Kier alpha value is -2.47. The summed E-state index contributed by atoms with van der Waals surface area (Å²) in [4.78, 5) is 22.2.